The van der Waals surface area contributed by atoms with Crippen LogP contribution in [0, 0.1) is 5.92 Å². The SMILES string of the molecule is CC(C)[C@H](C(=O)O)N1C(=O)/C(=C\C=C\c2ccccc2)SC1=S. The van der Waals surface area contributed by atoms with Crippen molar-refractivity contribution in [3.63, 3.8) is 0 Å². The molecule has 0 spiro atoms. The Morgan fingerprint density at radius 2 is 1.96 bits per heavy atom. The van der Waals surface area contributed by atoms with Crippen LogP contribution in [0.15, 0.2) is 47.4 Å². The summed E-state index contributed by atoms with van der Waals surface area (Å²) in [6.07, 6.45) is 5.32. The molecule has 1 aliphatic heterocycles. The molecule has 1 N–H and O–H groups in total. The van der Waals surface area contributed by atoms with Crippen molar-refractivity contribution >= 4 is 46.3 Å². The third-order valence-corrected chi connectivity index (χ3v) is 4.67. The molecule has 4 nitrogen and oxygen atoms in total. The fourth-order valence-electron chi connectivity index (χ4n) is 2.24. The quantitative estimate of drug-likeness (QED) is 0.652. The number of carbonyl (C=O) groups is 2. The lowest BCUT2D eigenvalue weighted by Gasteiger charge is -2.26. The molecule has 1 fully saturated rings. The first-order valence-electron chi connectivity index (χ1n) is 7.13. The van der Waals surface area contributed by atoms with E-state index in [0.717, 1.165) is 17.3 Å². The Morgan fingerprint density at radius 3 is 2.52 bits per heavy atom. The third-order valence-electron chi connectivity index (χ3n) is 3.32. The van der Waals surface area contributed by atoms with E-state index in [2.05, 4.69) is 0 Å². The Hall–Kier alpha value is -1.92. The monoisotopic (exact) mass is 347 g/mol. The Balaban J connectivity index is 2.19. The van der Waals surface area contributed by atoms with Crippen LogP contribution >= 0.6 is 24.0 Å². The predicted octanol–water partition coefficient (Wildman–Crippen LogP) is 3.55. The molecule has 6 heteroatoms. The standard InChI is InChI=1S/C17H17NO3S2/c1-11(2)14(16(20)21)18-15(19)13(23-17(18)22)10-6-9-12-7-4-3-5-8-12/h3-11,14H,1-2H3,(H,20,21)/b9-6+,13-10+/t14-/m1/s1. The number of rotatable bonds is 5. The first kappa shape index (κ1) is 17.4. The van der Waals surface area contributed by atoms with Crippen LogP contribution in [0.3, 0.4) is 0 Å². The van der Waals surface area contributed by atoms with Crippen molar-refractivity contribution in [2.24, 2.45) is 5.92 Å². The highest BCUT2D eigenvalue weighted by atomic mass is 32.2. The van der Waals surface area contributed by atoms with Gasteiger partial charge in [-0.15, -0.1) is 0 Å². The first-order valence-corrected chi connectivity index (χ1v) is 8.36. The maximum atomic E-state index is 12.5. The van der Waals surface area contributed by atoms with Crippen LogP contribution < -0.4 is 0 Å². The normalized spacial score (nSPS) is 18.4. The lowest BCUT2D eigenvalue weighted by atomic mass is 10.0. The summed E-state index contributed by atoms with van der Waals surface area (Å²) in [4.78, 5) is 25.5. The summed E-state index contributed by atoms with van der Waals surface area (Å²) < 4.78 is 0.287. The predicted molar refractivity (Wildman–Crippen MR) is 96.9 cm³/mol. The minimum Gasteiger partial charge on any atom is -0.480 e. The number of benzene rings is 1. The number of carboxylic acid groups (broad SMARTS) is 1. The van der Waals surface area contributed by atoms with Crippen molar-refractivity contribution in [2.45, 2.75) is 19.9 Å². The van der Waals surface area contributed by atoms with E-state index in [4.69, 9.17) is 12.2 Å². The average Bonchev–Trinajstić information content (AvgIpc) is 2.76. The molecule has 1 aromatic rings. The maximum absolute atomic E-state index is 12.5. The largest absolute Gasteiger partial charge is 0.480 e. The number of thiocarbonyl (C=S) groups is 1. The van der Waals surface area contributed by atoms with E-state index >= 15 is 0 Å². The highest BCUT2D eigenvalue weighted by Gasteiger charge is 2.41. The van der Waals surface area contributed by atoms with E-state index < -0.39 is 12.0 Å². The number of allylic oxidation sites excluding steroid dienone is 2. The molecule has 1 saturated heterocycles. The maximum Gasteiger partial charge on any atom is 0.327 e. The van der Waals surface area contributed by atoms with Crippen LogP contribution in [-0.4, -0.2) is 32.2 Å². The molecule has 0 radical (unpaired) electrons. The summed E-state index contributed by atoms with van der Waals surface area (Å²) >= 11 is 6.33. The highest BCUT2D eigenvalue weighted by molar-refractivity contribution is 8.26. The molecule has 23 heavy (non-hydrogen) atoms. The summed E-state index contributed by atoms with van der Waals surface area (Å²) in [5, 5.41) is 9.35. The van der Waals surface area contributed by atoms with Gasteiger partial charge in [-0.3, -0.25) is 9.69 Å². The smallest absolute Gasteiger partial charge is 0.327 e. The number of amides is 1. The zero-order chi connectivity index (χ0) is 17.0. The molecule has 1 aromatic carbocycles. The molecular weight excluding hydrogens is 330 g/mol. The summed E-state index contributed by atoms with van der Waals surface area (Å²) in [6.45, 7) is 3.52. The Morgan fingerprint density at radius 1 is 1.30 bits per heavy atom. The number of carbonyl (C=O) groups excluding carboxylic acids is 1. The number of nitrogens with zero attached hydrogens (tertiary/aromatic N) is 1. The van der Waals surface area contributed by atoms with Crippen molar-refractivity contribution < 1.29 is 14.7 Å². The second-order valence-electron chi connectivity index (χ2n) is 5.37. The summed E-state index contributed by atoms with van der Waals surface area (Å²) in [5.74, 6) is -1.62. The van der Waals surface area contributed by atoms with E-state index in [1.807, 2.05) is 36.4 Å². The fourth-order valence-corrected chi connectivity index (χ4v) is 3.52. The van der Waals surface area contributed by atoms with Crippen LogP contribution in [0.5, 0.6) is 0 Å². The van der Waals surface area contributed by atoms with Gasteiger partial charge in [-0.25, -0.2) is 4.79 Å². The van der Waals surface area contributed by atoms with Gasteiger partial charge in [0.1, 0.15) is 10.4 Å². The van der Waals surface area contributed by atoms with Gasteiger partial charge in [0.15, 0.2) is 0 Å². The van der Waals surface area contributed by atoms with E-state index in [1.54, 1.807) is 26.0 Å². The molecule has 0 saturated carbocycles. The lowest BCUT2D eigenvalue weighted by Crippen LogP contribution is -2.47. The van der Waals surface area contributed by atoms with Crippen molar-refractivity contribution in [1.82, 2.24) is 4.90 Å². The molecule has 0 bridgehead atoms. The summed E-state index contributed by atoms with van der Waals surface area (Å²) in [6, 6.07) is 8.76. The molecular formula is C17H17NO3S2. The molecule has 2 rings (SSSR count). The van der Waals surface area contributed by atoms with Gasteiger partial charge in [0.2, 0.25) is 0 Å². The van der Waals surface area contributed by atoms with Gasteiger partial charge in [-0.1, -0.05) is 80.3 Å². The van der Waals surface area contributed by atoms with Crippen LogP contribution in [-0.2, 0) is 9.59 Å². The van der Waals surface area contributed by atoms with Gasteiger partial charge in [0.25, 0.3) is 5.91 Å². The molecule has 0 aliphatic carbocycles. The van der Waals surface area contributed by atoms with Crippen LogP contribution in [0.2, 0.25) is 0 Å². The number of hydrogen-bond acceptors (Lipinski definition) is 4. The fraction of sp³-hybridized carbons (Fsp3) is 0.235. The van der Waals surface area contributed by atoms with Crippen molar-refractivity contribution in [3.8, 4) is 0 Å². The Labute approximate surface area is 144 Å². The highest BCUT2D eigenvalue weighted by Crippen LogP contribution is 2.34. The summed E-state index contributed by atoms with van der Waals surface area (Å²) in [5.41, 5.74) is 1.02. The van der Waals surface area contributed by atoms with Crippen molar-refractivity contribution in [1.29, 1.82) is 0 Å². The molecule has 120 valence electrons. The lowest BCUT2D eigenvalue weighted by molar-refractivity contribution is -0.146. The molecule has 0 unspecified atom stereocenters. The second-order valence-corrected chi connectivity index (χ2v) is 7.05. The van der Waals surface area contributed by atoms with E-state index in [0.29, 0.717) is 4.91 Å². The van der Waals surface area contributed by atoms with Gasteiger partial charge < -0.3 is 5.11 Å². The zero-order valence-electron chi connectivity index (χ0n) is 12.8. The summed E-state index contributed by atoms with van der Waals surface area (Å²) in [7, 11) is 0. The minimum atomic E-state index is -1.04. The Bertz CT molecular complexity index is 680. The van der Waals surface area contributed by atoms with E-state index in [9.17, 15) is 14.7 Å². The number of carboxylic acids is 1. The number of hydrogen-bond donors (Lipinski definition) is 1. The van der Waals surface area contributed by atoms with Crippen LogP contribution in [0.25, 0.3) is 6.08 Å². The second kappa shape index (κ2) is 7.57. The number of thioether (sulfide) groups is 1. The van der Waals surface area contributed by atoms with Crippen molar-refractivity contribution in [3.05, 3.63) is 53.0 Å². The zero-order valence-corrected chi connectivity index (χ0v) is 14.4. The molecule has 1 amide bonds. The van der Waals surface area contributed by atoms with E-state index in [-0.39, 0.29) is 16.1 Å². The van der Waals surface area contributed by atoms with E-state index in [1.165, 1.54) is 4.90 Å². The van der Waals surface area contributed by atoms with Crippen LogP contribution in [0.1, 0.15) is 19.4 Å². The molecule has 0 aromatic heterocycles. The molecule has 1 atom stereocenters. The van der Waals surface area contributed by atoms with Gasteiger partial charge in [-0.05, 0) is 17.6 Å². The third kappa shape index (κ3) is 4.09. The Kier molecular flexibility index (Phi) is 5.74. The topological polar surface area (TPSA) is 57.6 Å². The first-order chi connectivity index (χ1) is 10.9. The molecule has 1 aliphatic rings. The van der Waals surface area contributed by atoms with Crippen LogP contribution in [0.4, 0.5) is 0 Å². The van der Waals surface area contributed by atoms with Gasteiger partial charge in [-0.2, -0.15) is 0 Å². The molecule has 1 heterocycles. The van der Waals surface area contributed by atoms with Gasteiger partial charge in [0.05, 0.1) is 4.91 Å². The van der Waals surface area contributed by atoms with Gasteiger partial charge >= 0.3 is 5.97 Å². The van der Waals surface area contributed by atoms with Crippen molar-refractivity contribution in [2.75, 3.05) is 0 Å². The minimum absolute atomic E-state index is 0.228. The average molecular weight is 347 g/mol. The van der Waals surface area contributed by atoms with Gasteiger partial charge in [0, 0.05) is 0 Å². The number of aliphatic carboxylic acids is 1.